The maximum Gasteiger partial charge on any atom is 0.303 e. The summed E-state index contributed by atoms with van der Waals surface area (Å²) in [6.45, 7) is 1.62. The third kappa shape index (κ3) is 3.39. The standard InChI is InChI=1S/C10H16O8/c1-4(12)16-8-7(14)6(3-11)18-10(15)9(8)17-5(2)13/h6-11,14-15H,3H2,1-2H3/t6-,7-,8+,9+,10-/m1/s1. The Kier molecular flexibility index (Phi) is 5.03. The van der Waals surface area contributed by atoms with Crippen molar-refractivity contribution in [3.05, 3.63) is 0 Å². The summed E-state index contributed by atoms with van der Waals surface area (Å²) in [6.07, 6.45) is -6.78. The van der Waals surface area contributed by atoms with E-state index >= 15 is 0 Å². The Hall–Kier alpha value is -1.22. The maximum atomic E-state index is 10.9. The first-order chi connectivity index (χ1) is 8.36. The first-order valence-corrected chi connectivity index (χ1v) is 5.33. The third-order valence-electron chi connectivity index (χ3n) is 2.42. The fourth-order valence-electron chi connectivity index (χ4n) is 1.70. The molecule has 18 heavy (non-hydrogen) atoms. The van der Waals surface area contributed by atoms with Crippen LogP contribution in [0.4, 0.5) is 0 Å². The van der Waals surface area contributed by atoms with Crippen LogP contribution in [0, 0.1) is 0 Å². The number of esters is 2. The number of rotatable bonds is 3. The summed E-state index contributed by atoms with van der Waals surface area (Å²) in [7, 11) is 0. The van der Waals surface area contributed by atoms with Gasteiger partial charge in [0.05, 0.1) is 6.61 Å². The second-order valence-electron chi connectivity index (χ2n) is 3.89. The highest BCUT2D eigenvalue weighted by Gasteiger charge is 2.48. The van der Waals surface area contributed by atoms with Crippen molar-refractivity contribution in [1.29, 1.82) is 0 Å². The van der Waals surface area contributed by atoms with E-state index < -0.39 is 49.3 Å². The molecule has 3 N–H and O–H groups in total. The van der Waals surface area contributed by atoms with Crippen LogP contribution in [0.3, 0.4) is 0 Å². The van der Waals surface area contributed by atoms with Gasteiger partial charge in [-0.1, -0.05) is 0 Å². The van der Waals surface area contributed by atoms with Gasteiger partial charge in [0.15, 0.2) is 18.5 Å². The van der Waals surface area contributed by atoms with Gasteiger partial charge >= 0.3 is 11.9 Å². The molecule has 0 amide bonds. The van der Waals surface area contributed by atoms with Gasteiger partial charge in [-0.15, -0.1) is 0 Å². The summed E-state index contributed by atoms with van der Waals surface area (Å²) in [6, 6.07) is 0. The molecule has 0 aliphatic carbocycles. The first-order valence-electron chi connectivity index (χ1n) is 5.33. The van der Waals surface area contributed by atoms with E-state index in [4.69, 9.17) is 19.3 Å². The smallest absolute Gasteiger partial charge is 0.303 e. The SMILES string of the molecule is CC(=O)O[C@H]1[C@H](O)[C@@H](CO)O[C@@H](O)[C@H]1OC(C)=O. The topological polar surface area (TPSA) is 123 Å². The fraction of sp³-hybridized carbons (Fsp3) is 0.800. The van der Waals surface area contributed by atoms with E-state index in [0.29, 0.717) is 0 Å². The van der Waals surface area contributed by atoms with Crippen molar-refractivity contribution in [2.45, 2.75) is 44.6 Å². The molecule has 5 atom stereocenters. The minimum absolute atomic E-state index is 0.581. The van der Waals surface area contributed by atoms with Gasteiger partial charge in [0, 0.05) is 13.8 Å². The zero-order chi connectivity index (χ0) is 13.9. The monoisotopic (exact) mass is 264 g/mol. The van der Waals surface area contributed by atoms with Gasteiger partial charge in [-0.3, -0.25) is 9.59 Å². The number of aliphatic hydroxyl groups excluding tert-OH is 3. The van der Waals surface area contributed by atoms with Crippen LogP contribution in [0.5, 0.6) is 0 Å². The van der Waals surface area contributed by atoms with Crippen molar-refractivity contribution < 1.29 is 39.1 Å². The molecular weight excluding hydrogens is 248 g/mol. The van der Waals surface area contributed by atoms with Crippen LogP contribution in [0.2, 0.25) is 0 Å². The van der Waals surface area contributed by atoms with Crippen LogP contribution in [0.15, 0.2) is 0 Å². The van der Waals surface area contributed by atoms with Gasteiger partial charge < -0.3 is 29.5 Å². The Bertz CT molecular complexity index is 317. The Morgan fingerprint density at radius 1 is 1.11 bits per heavy atom. The highest BCUT2D eigenvalue weighted by Crippen LogP contribution is 2.24. The molecule has 0 radical (unpaired) electrons. The predicted molar refractivity (Wildman–Crippen MR) is 55.1 cm³/mol. The lowest BCUT2D eigenvalue weighted by Crippen LogP contribution is -2.60. The van der Waals surface area contributed by atoms with Gasteiger partial charge in [-0.2, -0.15) is 0 Å². The molecule has 8 heteroatoms. The Labute approximate surface area is 103 Å². The van der Waals surface area contributed by atoms with Crippen molar-refractivity contribution in [2.24, 2.45) is 0 Å². The number of ether oxygens (including phenoxy) is 3. The van der Waals surface area contributed by atoms with Gasteiger partial charge in [0.2, 0.25) is 0 Å². The van der Waals surface area contributed by atoms with E-state index in [9.17, 15) is 19.8 Å². The Morgan fingerprint density at radius 3 is 2.06 bits per heavy atom. The maximum absolute atomic E-state index is 10.9. The van der Waals surface area contributed by atoms with Crippen LogP contribution in [-0.4, -0.2) is 64.6 Å². The van der Waals surface area contributed by atoms with E-state index in [0.717, 1.165) is 13.8 Å². The molecule has 0 saturated carbocycles. The first kappa shape index (κ1) is 14.8. The molecule has 0 aromatic heterocycles. The van der Waals surface area contributed by atoms with Crippen LogP contribution in [-0.2, 0) is 23.8 Å². The molecule has 0 spiro atoms. The van der Waals surface area contributed by atoms with Gasteiger partial charge in [-0.05, 0) is 0 Å². The average molecular weight is 264 g/mol. The largest absolute Gasteiger partial charge is 0.455 e. The molecular formula is C10H16O8. The van der Waals surface area contributed by atoms with E-state index in [1.165, 1.54) is 0 Å². The van der Waals surface area contributed by atoms with Crippen LogP contribution in [0.1, 0.15) is 13.8 Å². The second-order valence-corrected chi connectivity index (χ2v) is 3.89. The molecule has 104 valence electrons. The minimum atomic E-state index is -1.60. The number of aliphatic hydroxyl groups is 3. The van der Waals surface area contributed by atoms with Gasteiger partial charge in [0.1, 0.15) is 12.2 Å². The van der Waals surface area contributed by atoms with Crippen molar-refractivity contribution in [2.75, 3.05) is 6.61 Å². The average Bonchev–Trinajstić information content (AvgIpc) is 2.27. The zero-order valence-electron chi connectivity index (χ0n) is 9.98. The summed E-state index contributed by atoms with van der Waals surface area (Å²) in [4.78, 5) is 21.8. The summed E-state index contributed by atoms with van der Waals surface area (Å²) in [5.41, 5.74) is 0. The Morgan fingerprint density at radius 2 is 1.61 bits per heavy atom. The number of hydrogen-bond donors (Lipinski definition) is 3. The Balaban J connectivity index is 2.89. The summed E-state index contributed by atoms with van der Waals surface area (Å²) < 4.78 is 14.4. The molecule has 0 unspecified atom stereocenters. The van der Waals surface area contributed by atoms with E-state index in [2.05, 4.69) is 0 Å². The van der Waals surface area contributed by atoms with Crippen molar-refractivity contribution >= 4 is 11.9 Å². The highest BCUT2D eigenvalue weighted by molar-refractivity contribution is 5.67. The quantitative estimate of drug-likeness (QED) is 0.496. The van der Waals surface area contributed by atoms with E-state index in [1.54, 1.807) is 0 Å². The predicted octanol–water partition coefficient (Wildman–Crippen LogP) is -2.08. The zero-order valence-corrected chi connectivity index (χ0v) is 9.98. The second kappa shape index (κ2) is 6.10. The summed E-state index contributed by atoms with van der Waals surface area (Å²) >= 11 is 0. The summed E-state index contributed by atoms with van der Waals surface area (Å²) in [5, 5.41) is 28.4. The third-order valence-corrected chi connectivity index (χ3v) is 2.42. The molecule has 1 saturated heterocycles. The van der Waals surface area contributed by atoms with Crippen molar-refractivity contribution in [3.63, 3.8) is 0 Å². The number of carbonyl (C=O) groups is 2. The van der Waals surface area contributed by atoms with Crippen LogP contribution >= 0.6 is 0 Å². The van der Waals surface area contributed by atoms with Gasteiger partial charge in [-0.25, -0.2) is 0 Å². The lowest BCUT2D eigenvalue weighted by atomic mass is 9.99. The molecule has 0 aromatic rings. The van der Waals surface area contributed by atoms with Gasteiger partial charge in [0.25, 0.3) is 0 Å². The van der Waals surface area contributed by atoms with Crippen molar-refractivity contribution in [1.82, 2.24) is 0 Å². The van der Waals surface area contributed by atoms with E-state index in [1.807, 2.05) is 0 Å². The molecule has 1 aliphatic rings. The highest BCUT2D eigenvalue weighted by atomic mass is 16.7. The minimum Gasteiger partial charge on any atom is -0.455 e. The lowest BCUT2D eigenvalue weighted by Gasteiger charge is -2.40. The molecule has 1 fully saturated rings. The van der Waals surface area contributed by atoms with Crippen LogP contribution < -0.4 is 0 Å². The molecule has 1 rings (SSSR count). The fourth-order valence-corrected chi connectivity index (χ4v) is 1.70. The van der Waals surface area contributed by atoms with E-state index in [-0.39, 0.29) is 0 Å². The molecule has 0 aromatic carbocycles. The molecule has 8 nitrogen and oxygen atoms in total. The van der Waals surface area contributed by atoms with Crippen molar-refractivity contribution in [3.8, 4) is 0 Å². The molecule has 0 bridgehead atoms. The number of carbonyl (C=O) groups excluding carboxylic acids is 2. The van der Waals surface area contributed by atoms with Crippen LogP contribution in [0.25, 0.3) is 0 Å². The molecule has 1 heterocycles. The lowest BCUT2D eigenvalue weighted by molar-refractivity contribution is -0.293. The number of hydrogen-bond acceptors (Lipinski definition) is 8. The normalized spacial score (nSPS) is 35.9. The summed E-state index contributed by atoms with van der Waals surface area (Å²) in [5.74, 6) is -1.45. The molecule has 1 aliphatic heterocycles.